The van der Waals surface area contributed by atoms with Gasteiger partial charge in [0.25, 0.3) is 0 Å². The molecule has 0 spiro atoms. The average Bonchev–Trinajstić information content (AvgIpc) is 2.65. The highest BCUT2D eigenvalue weighted by Crippen LogP contribution is 2.34. The Hall–Kier alpha value is -2.38. The zero-order valence-electron chi connectivity index (χ0n) is 16.3. The van der Waals surface area contributed by atoms with Crippen molar-refractivity contribution >= 4 is 17.5 Å². The van der Waals surface area contributed by atoms with Crippen LogP contribution in [0.3, 0.4) is 0 Å². The van der Waals surface area contributed by atoms with Gasteiger partial charge in [-0.25, -0.2) is 9.78 Å². The van der Waals surface area contributed by atoms with E-state index < -0.39 is 10.9 Å². The van der Waals surface area contributed by atoms with E-state index >= 15 is 0 Å². The molecule has 0 atom stereocenters. The standard InChI is InChI=1S/C19H29N3O5/c1-4-26-18(23)13-27-16-10-17(22(24)25)19(20-11-16)21(12-14(2)3)15-8-6-5-7-9-15/h10-11,14-15H,4-9,12-13H2,1-3H3. The van der Waals surface area contributed by atoms with Crippen molar-refractivity contribution in [1.29, 1.82) is 0 Å². The molecule has 27 heavy (non-hydrogen) atoms. The molecule has 0 saturated heterocycles. The molecule has 0 aromatic carbocycles. The maximum atomic E-state index is 11.7. The highest BCUT2D eigenvalue weighted by molar-refractivity contribution is 5.71. The van der Waals surface area contributed by atoms with Crippen LogP contribution in [0.1, 0.15) is 52.9 Å². The number of anilines is 1. The number of esters is 1. The summed E-state index contributed by atoms with van der Waals surface area (Å²) in [4.78, 5) is 29.1. The molecule has 0 N–H and O–H groups in total. The maximum absolute atomic E-state index is 11.7. The smallest absolute Gasteiger partial charge is 0.344 e. The highest BCUT2D eigenvalue weighted by Gasteiger charge is 2.29. The van der Waals surface area contributed by atoms with E-state index in [0.29, 0.717) is 18.3 Å². The number of aromatic nitrogens is 1. The van der Waals surface area contributed by atoms with E-state index in [1.807, 2.05) is 0 Å². The molecule has 0 bridgehead atoms. The SMILES string of the molecule is CCOC(=O)COc1cnc(N(CC(C)C)C2CCCCC2)c([N+](=O)[O-])c1. The van der Waals surface area contributed by atoms with Crippen molar-refractivity contribution in [2.75, 3.05) is 24.7 Å². The zero-order valence-corrected chi connectivity index (χ0v) is 16.3. The van der Waals surface area contributed by atoms with E-state index in [-0.39, 0.29) is 30.7 Å². The molecule has 0 aliphatic heterocycles. The number of nitro groups is 1. The zero-order chi connectivity index (χ0) is 19.8. The molecular weight excluding hydrogens is 350 g/mol. The Kier molecular flexibility index (Phi) is 7.82. The second-order valence-electron chi connectivity index (χ2n) is 7.20. The van der Waals surface area contributed by atoms with Crippen molar-refractivity contribution in [3.8, 4) is 5.75 Å². The van der Waals surface area contributed by atoms with Crippen LogP contribution < -0.4 is 9.64 Å². The van der Waals surface area contributed by atoms with E-state index in [4.69, 9.17) is 9.47 Å². The van der Waals surface area contributed by atoms with E-state index in [9.17, 15) is 14.9 Å². The Morgan fingerprint density at radius 3 is 2.67 bits per heavy atom. The topological polar surface area (TPSA) is 94.8 Å². The molecule has 1 saturated carbocycles. The lowest BCUT2D eigenvalue weighted by molar-refractivity contribution is -0.384. The summed E-state index contributed by atoms with van der Waals surface area (Å²) >= 11 is 0. The van der Waals surface area contributed by atoms with Crippen molar-refractivity contribution in [3.63, 3.8) is 0 Å². The number of carbonyl (C=O) groups is 1. The van der Waals surface area contributed by atoms with Crippen LogP contribution in [-0.4, -0.2) is 41.7 Å². The first kappa shape index (κ1) is 20.9. The van der Waals surface area contributed by atoms with Crippen LogP contribution in [0.5, 0.6) is 5.75 Å². The monoisotopic (exact) mass is 379 g/mol. The first-order valence-corrected chi connectivity index (χ1v) is 9.61. The predicted molar refractivity (Wildman–Crippen MR) is 102 cm³/mol. The van der Waals surface area contributed by atoms with Gasteiger partial charge in [0.1, 0.15) is 5.75 Å². The summed E-state index contributed by atoms with van der Waals surface area (Å²) in [7, 11) is 0. The minimum Gasteiger partial charge on any atom is -0.480 e. The van der Waals surface area contributed by atoms with Gasteiger partial charge >= 0.3 is 11.7 Å². The van der Waals surface area contributed by atoms with Gasteiger partial charge in [-0.1, -0.05) is 33.1 Å². The van der Waals surface area contributed by atoms with Crippen LogP contribution in [-0.2, 0) is 9.53 Å². The number of rotatable bonds is 9. The third-order valence-electron chi connectivity index (χ3n) is 4.53. The van der Waals surface area contributed by atoms with Crippen LogP contribution in [0.4, 0.5) is 11.5 Å². The molecule has 8 heteroatoms. The molecule has 0 unspecified atom stereocenters. The first-order chi connectivity index (χ1) is 12.9. The molecular formula is C19H29N3O5. The lowest BCUT2D eigenvalue weighted by Gasteiger charge is -2.36. The van der Waals surface area contributed by atoms with Gasteiger partial charge in [-0.3, -0.25) is 10.1 Å². The summed E-state index contributed by atoms with van der Waals surface area (Å²) in [6, 6.07) is 1.61. The molecule has 150 valence electrons. The number of hydrogen-bond donors (Lipinski definition) is 0. The Balaban J connectivity index is 2.26. The quantitative estimate of drug-likeness (QED) is 0.366. The molecule has 1 fully saturated rings. The van der Waals surface area contributed by atoms with Crippen LogP contribution in [0.15, 0.2) is 12.3 Å². The van der Waals surface area contributed by atoms with E-state index in [1.54, 1.807) is 6.92 Å². The van der Waals surface area contributed by atoms with Crippen molar-refractivity contribution < 1.29 is 19.2 Å². The summed E-state index contributed by atoms with van der Waals surface area (Å²) in [6.45, 7) is 6.56. The molecule has 0 radical (unpaired) electrons. The lowest BCUT2D eigenvalue weighted by atomic mass is 9.93. The Bertz CT molecular complexity index is 644. The van der Waals surface area contributed by atoms with Crippen molar-refractivity contribution in [2.24, 2.45) is 5.92 Å². The second-order valence-corrected chi connectivity index (χ2v) is 7.20. The molecule has 1 aliphatic rings. The third-order valence-corrected chi connectivity index (χ3v) is 4.53. The number of pyridine rings is 1. The average molecular weight is 379 g/mol. The Morgan fingerprint density at radius 2 is 2.07 bits per heavy atom. The number of carbonyl (C=O) groups excluding carboxylic acids is 1. The molecule has 1 heterocycles. The normalized spacial score (nSPS) is 14.8. The van der Waals surface area contributed by atoms with Gasteiger partial charge in [0.05, 0.1) is 23.8 Å². The molecule has 1 aromatic heterocycles. The summed E-state index contributed by atoms with van der Waals surface area (Å²) in [6.07, 6.45) is 6.96. The highest BCUT2D eigenvalue weighted by atomic mass is 16.6. The van der Waals surface area contributed by atoms with E-state index in [2.05, 4.69) is 23.7 Å². The molecule has 0 amide bonds. The van der Waals surface area contributed by atoms with Gasteiger partial charge in [0.2, 0.25) is 5.82 Å². The number of hydrogen-bond acceptors (Lipinski definition) is 7. The molecule has 1 aromatic rings. The van der Waals surface area contributed by atoms with Crippen LogP contribution in [0, 0.1) is 16.0 Å². The fourth-order valence-electron chi connectivity index (χ4n) is 3.40. The van der Waals surface area contributed by atoms with Gasteiger partial charge < -0.3 is 14.4 Å². The Morgan fingerprint density at radius 1 is 1.37 bits per heavy atom. The van der Waals surface area contributed by atoms with Crippen molar-refractivity contribution in [2.45, 2.75) is 58.9 Å². The number of ether oxygens (including phenoxy) is 2. The minimum atomic E-state index is -0.520. The first-order valence-electron chi connectivity index (χ1n) is 9.61. The van der Waals surface area contributed by atoms with Crippen molar-refractivity contribution in [3.05, 3.63) is 22.4 Å². The van der Waals surface area contributed by atoms with Crippen molar-refractivity contribution in [1.82, 2.24) is 4.98 Å². The summed E-state index contributed by atoms with van der Waals surface area (Å²) in [5.74, 6) is 0.400. The number of nitrogens with zero attached hydrogens (tertiary/aromatic N) is 3. The lowest BCUT2D eigenvalue weighted by Crippen LogP contribution is -2.40. The molecule has 1 aliphatic carbocycles. The summed E-state index contributed by atoms with van der Waals surface area (Å²) in [5.41, 5.74) is -0.0948. The third kappa shape index (κ3) is 6.08. The van der Waals surface area contributed by atoms with Gasteiger partial charge in [0, 0.05) is 12.6 Å². The molecule has 8 nitrogen and oxygen atoms in total. The van der Waals surface area contributed by atoms with Gasteiger partial charge in [-0.15, -0.1) is 0 Å². The largest absolute Gasteiger partial charge is 0.480 e. The van der Waals surface area contributed by atoms with Gasteiger partial charge in [-0.2, -0.15) is 0 Å². The van der Waals surface area contributed by atoms with Crippen LogP contribution in [0.2, 0.25) is 0 Å². The van der Waals surface area contributed by atoms with E-state index in [1.165, 1.54) is 18.7 Å². The predicted octanol–water partition coefficient (Wildman–Crippen LogP) is 3.73. The molecule has 2 rings (SSSR count). The second kappa shape index (κ2) is 10.1. The fourth-order valence-corrected chi connectivity index (χ4v) is 3.40. The maximum Gasteiger partial charge on any atom is 0.344 e. The fraction of sp³-hybridized carbons (Fsp3) is 0.684. The van der Waals surface area contributed by atoms with E-state index in [0.717, 1.165) is 25.7 Å². The minimum absolute atomic E-state index is 0.0948. The van der Waals surface area contributed by atoms with Crippen LogP contribution in [0.25, 0.3) is 0 Å². The summed E-state index contributed by atoms with van der Waals surface area (Å²) in [5, 5.41) is 11.7. The van der Waals surface area contributed by atoms with Crippen LogP contribution >= 0.6 is 0 Å². The van der Waals surface area contributed by atoms with Gasteiger partial charge in [-0.05, 0) is 25.7 Å². The summed E-state index contributed by atoms with van der Waals surface area (Å²) < 4.78 is 10.1. The Labute approximate surface area is 160 Å². The van der Waals surface area contributed by atoms with Gasteiger partial charge in [0.15, 0.2) is 6.61 Å².